The minimum absolute atomic E-state index is 0.0790. The molecule has 20 heavy (non-hydrogen) atoms. The third kappa shape index (κ3) is 3.82. The average Bonchev–Trinajstić information content (AvgIpc) is 2.93. The van der Waals surface area contributed by atoms with Crippen LogP contribution < -0.4 is 10.9 Å². The maximum absolute atomic E-state index is 11.9. The van der Waals surface area contributed by atoms with Crippen LogP contribution in [-0.2, 0) is 6.54 Å². The van der Waals surface area contributed by atoms with Crippen LogP contribution >= 0.6 is 15.9 Å². The number of hydrogen-bond donors (Lipinski definition) is 1. The fraction of sp³-hybridized carbons (Fsp3) is 0.714. The van der Waals surface area contributed by atoms with E-state index in [1.807, 2.05) is 6.92 Å². The fourth-order valence-corrected chi connectivity index (χ4v) is 3.02. The van der Waals surface area contributed by atoms with Crippen molar-refractivity contribution in [2.24, 2.45) is 5.92 Å². The van der Waals surface area contributed by atoms with Crippen LogP contribution in [0.1, 0.15) is 26.7 Å². The summed E-state index contributed by atoms with van der Waals surface area (Å²) in [6.45, 7) is 9.15. The smallest absolute Gasteiger partial charge is 0.283 e. The molecule has 1 N–H and O–H groups in total. The van der Waals surface area contributed by atoms with Gasteiger partial charge in [-0.25, -0.2) is 4.68 Å². The molecule has 1 unspecified atom stereocenters. The molecule has 5 nitrogen and oxygen atoms in total. The van der Waals surface area contributed by atoms with Crippen molar-refractivity contribution in [1.29, 1.82) is 0 Å². The van der Waals surface area contributed by atoms with Gasteiger partial charge in [0.1, 0.15) is 4.47 Å². The van der Waals surface area contributed by atoms with Gasteiger partial charge in [0.25, 0.3) is 5.56 Å². The summed E-state index contributed by atoms with van der Waals surface area (Å²) in [6.07, 6.45) is 4.37. The van der Waals surface area contributed by atoms with Crippen molar-refractivity contribution in [3.05, 3.63) is 21.0 Å². The van der Waals surface area contributed by atoms with E-state index < -0.39 is 0 Å². The Kier molecular flexibility index (Phi) is 5.60. The lowest BCUT2D eigenvalue weighted by atomic mass is 10.1. The Bertz CT molecular complexity index is 496. The molecule has 0 amide bonds. The Morgan fingerprint density at radius 2 is 2.15 bits per heavy atom. The second-order valence-electron chi connectivity index (χ2n) is 5.49. The van der Waals surface area contributed by atoms with Crippen LogP contribution in [0.5, 0.6) is 0 Å². The molecule has 1 atom stereocenters. The maximum atomic E-state index is 11.9. The van der Waals surface area contributed by atoms with E-state index in [1.165, 1.54) is 30.6 Å². The zero-order valence-corrected chi connectivity index (χ0v) is 13.8. The normalized spacial score (nSPS) is 17.4. The van der Waals surface area contributed by atoms with E-state index in [-0.39, 0.29) is 5.56 Å². The second-order valence-corrected chi connectivity index (χ2v) is 6.28. The molecule has 1 aromatic rings. The first-order valence-corrected chi connectivity index (χ1v) is 8.13. The average molecular weight is 343 g/mol. The highest BCUT2D eigenvalue weighted by Gasteiger charge is 2.15. The summed E-state index contributed by atoms with van der Waals surface area (Å²) < 4.78 is 2.02. The van der Waals surface area contributed by atoms with Gasteiger partial charge in [0.2, 0.25) is 0 Å². The van der Waals surface area contributed by atoms with Gasteiger partial charge in [-0.15, -0.1) is 0 Å². The minimum Gasteiger partial charge on any atom is -0.382 e. The first kappa shape index (κ1) is 15.5. The number of hydrogen-bond acceptors (Lipinski definition) is 4. The fourth-order valence-electron chi connectivity index (χ4n) is 2.57. The van der Waals surface area contributed by atoms with Gasteiger partial charge in [-0.3, -0.25) is 4.79 Å². The van der Waals surface area contributed by atoms with Crippen LogP contribution in [0.25, 0.3) is 0 Å². The van der Waals surface area contributed by atoms with Gasteiger partial charge in [0, 0.05) is 19.6 Å². The number of nitrogens with zero attached hydrogens (tertiary/aromatic N) is 3. The van der Waals surface area contributed by atoms with Gasteiger partial charge < -0.3 is 10.2 Å². The van der Waals surface area contributed by atoms with Crippen molar-refractivity contribution < 1.29 is 0 Å². The molecule has 0 bridgehead atoms. The summed E-state index contributed by atoms with van der Waals surface area (Å²) in [4.78, 5) is 14.5. The molecule has 6 heteroatoms. The number of aromatic nitrogens is 2. The molecule has 1 aliphatic rings. The van der Waals surface area contributed by atoms with Crippen molar-refractivity contribution in [1.82, 2.24) is 14.7 Å². The molecule has 1 aliphatic heterocycles. The van der Waals surface area contributed by atoms with Gasteiger partial charge in [-0.1, -0.05) is 6.92 Å². The monoisotopic (exact) mass is 342 g/mol. The highest BCUT2D eigenvalue weighted by Crippen LogP contribution is 2.17. The molecule has 2 rings (SSSR count). The zero-order valence-electron chi connectivity index (χ0n) is 12.2. The number of rotatable bonds is 6. The van der Waals surface area contributed by atoms with Crippen LogP contribution in [0.15, 0.2) is 15.5 Å². The Balaban J connectivity index is 1.90. The molecule has 1 fully saturated rings. The van der Waals surface area contributed by atoms with E-state index in [0.717, 1.165) is 18.8 Å². The predicted octanol–water partition coefficient (Wildman–Crippen LogP) is 2.17. The maximum Gasteiger partial charge on any atom is 0.283 e. The number of halogens is 1. The molecule has 0 aliphatic carbocycles. The summed E-state index contributed by atoms with van der Waals surface area (Å²) in [5, 5.41) is 7.47. The quantitative estimate of drug-likeness (QED) is 0.860. The second kappa shape index (κ2) is 7.22. The lowest BCUT2D eigenvalue weighted by molar-refractivity contribution is 0.294. The molecule has 0 radical (unpaired) electrons. The van der Waals surface area contributed by atoms with E-state index in [0.29, 0.717) is 16.9 Å². The van der Waals surface area contributed by atoms with Crippen molar-refractivity contribution in [2.75, 3.05) is 31.5 Å². The van der Waals surface area contributed by atoms with Gasteiger partial charge in [0.05, 0.1) is 11.9 Å². The number of likely N-dealkylation sites (tertiary alicyclic amines) is 1. The van der Waals surface area contributed by atoms with E-state index in [9.17, 15) is 4.79 Å². The molecule has 112 valence electrons. The van der Waals surface area contributed by atoms with Gasteiger partial charge in [-0.2, -0.15) is 5.10 Å². The first-order chi connectivity index (χ1) is 9.61. The van der Waals surface area contributed by atoms with Crippen LogP contribution in [0.3, 0.4) is 0 Å². The molecule has 1 aromatic heterocycles. The minimum atomic E-state index is -0.0790. The Hall–Kier alpha value is -0.880. The van der Waals surface area contributed by atoms with E-state index >= 15 is 0 Å². The molecule has 0 aromatic carbocycles. The highest BCUT2D eigenvalue weighted by molar-refractivity contribution is 9.10. The highest BCUT2D eigenvalue weighted by atomic mass is 79.9. The number of aryl methyl sites for hydroxylation is 1. The van der Waals surface area contributed by atoms with Crippen molar-refractivity contribution in [3.63, 3.8) is 0 Å². The summed E-state index contributed by atoms with van der Waals surface area (Å²) in [7, 11) is 0. The van der Waals surface area contributed by atoms with E-state index in [1.54, 1.807) is 6.20 Å². The lowest BCUT2D eigenvalue weighted by Crippen LogP contribution is -2.29. The summed E-state index contributed by atoms with van der Waals surface area (Å²) in [5.74, 6) is 0.550. The number of nitrogens with one attached hydrogen (secondary N) is 1. The largest absolute Gasteiger partial charge is 0.382 e. The van der Waals surface area contributed by atoms with Crippen molar-refractivity contribution in [2.45, 2.75) is 33.2 Å². The summed E-state index contributed by atoms with van der Waals surface area (Å²) >= 11 is 3.36. The Morgan fingerprint density at radius 3 is 2.80 bits per heavy atom. The van der Waals surface area contributed by atoms with Crippen LogP contribution in [-0.4, -0.2) is 40.9 Å². The van der Waals surface area contributed by atoms with Crippen molar-refractivity contribution in [3.8, 4) is 0 Å². The summed E-state index contributed by atoms with van der Waals surface area (Å²) in [6, 6.07) is 0. The van der Waals surface area contributed by atoms with E-state index in [2.05, 4.69) is 38.2 Å². The molecular formula is C14H23BrN4O. The molecular weight excluding hydrogens is 320 g/mol. The first-order valence-electron chi connectivity index (χ1n) is 7.33. The van der Waals surface area contributed by atoms with Crippen molar-refractivity contribution >= 4 is 21.6 Å². The SMILES string of the molecule is CCn1ncc(NCC(C)CN2CCCC2)c(Br)c1=O. The van der Waals surface area contributed by atoms with Crippen LogP contribution in [0, 0.1) is 5.92 Å². The molecule has 2 heterocycles. The third-order valence-corrected chi connectivity index (χ3v) is 4.46. The van der Waals surface area contributed by atoms with Gasteiger partial charge in [-0.05, 0) is 54.7 Å². The topological polar surface area (TPSA) is 50.2 Å². The molecule has 0 saturated carbocycles. The van der Waals surface area contributed by atoms with Crippen LogP contribution in [0.4, 0.5) is 5.69 Å². The van der Waals surface area contributed by atoms with Gasteiger partial charge >= 0.3 is 0 Å². The predicted molar refractivity (Wildman–Crippen MR) is 85.2 cm³/mol. The van der Waals surface area contributed by atoms with E-state index in [4.69, 9.17) is 0 Å². The zero-order chi connectivity index (χ0) is 14.5. The Labute approximate surface area is 128 Å². The number of anilines is 1. The third-order valence-electron chi connectivity index (χ3n) is 3.69. The molecule has 0 spiro atoms. The Morgan fingerprint density at radius 1 is 1.45 bits per heavy atom. The standard InChI is InChI=1S/C14H23BrN4O/c1-3-19-14(20)13(15)12(9-17-19)16-8-11(2)10-18-6-4-5-7-18/h9,11,16H,3-8,10H2,1-2H3. The van der Waals surface area contributed by atoms with Gasteiger partial charge in [0.15, 0.2) is 0 Å². The summed E-state index contributed by atoms with van der Waals surface area (Å²) in [5.41, 5.74) is 0.706. The van der Waals surface area contributed by atoms with Crippen LogP contribution in [0.2, 0.25) is 0 Å². The lowest BCUT2D eigenvalue weighted by Gasteiger charge is -2.21. The molecule has 1 saturated heterocycles.